The van der Waals surface area contributed by atoms with Gasteiger partial charge in [0.05, 0.1) is 24.7 Å². The van der Waals surface area contributed by atoms with Crippen LogP contribution < -0.4 is 5.32 Å². The molecule has 21 heteroatoms. The molecular formula is C11H20N5O13P3. The average molecular weight is 523 g/mol. The van der Waals surface area contributed by atoms with E-state index in [2.05, 4.69) is 24.0 Å². The molecule has 2 aliphatic heterocycles. The summed E-state index contributed by atoms with van der Waals surface area (Å²) in [6.45, 7) is 1.13. The Morgan fingerprint density at radius 3 is 2.50 bits per heavy atom. The summed E-state index contributed by atoms with van der Waals surface area (Å²) in [5.41, 5.74) is 8.73. The highest BCUT2D eigenvalue weighted by Gasteiger charge is 2.44. The number of nitrogens with one attached hydrogen (secondary N) is 1. The first-order valence-corrected chi connectivity index (χ1v) is 13.4. The van der Waals surface area contributed by atoms with E-state index in [9.17, 15) is 28.2 Å². The van der Waals surface area contributed by atoms with Crippen LogP contribution in [0.25, 0.3) is 10.4 Å². The first-order valence-electron chi connectivity index (χ1n) is 8.64. The third-order valence-corrected chi connectivity index (χ3v) is 8.17. The summed E-state index contributed by atoms with van der Waals surface area (Å²) in [6.07, 6.45) is -3.10. The second-order valence-electron chi connectivity index (χ2n) is 6.74. The predicted octanol–water partition coefficient (Wildman–Crippen LogP) is 0.354. The summed E-state index contributed by atoms with van der Waals surface area (Å²) in [6, 6.07) is -1.58. The monoisotopic (exact) mass is 523 g/mol. The lowest BCUT2D eigenvalue weighted by Crippen LogP contribution is -2.57. The Morgan fingerprint density at radius 1 is 1.25 bits per heavy atom. The molecule has 0 aromatic carbocycles. The van der Waals surface area contributed by atoms with E-state index in [1.54, 1.807) is 6.92 Å². The van der Waals surface area contributed by atoms with E-state index < -0.39 is 72.4 Å². The van der Waals surface area contributed by atoms with Crippen molar-refractivity contribution < 1.29 is 61.0 Å². The van der Waals surface area contributed by atoms with Gasteiger partial charge in [-0.25, -0.2) is 18.2 Å². The normalized spacial score (nSPS) is 30.2. The lowest BCUT2D eigenvalue weighted by molar-refractivity contribution is -0.128. The third kappa shape index (κ3) is 7.89. The Bertz CT molecular complexity index is 934. The fourth-order valence-corrected chi connectivity index (χ4v) is 6.15. The van der Waals surface area contributed by atoms with Gasteiger partial charge in [0.15, 0.2) is 0 Å². The van der Waals surface area contributed by atoms with Gasteiger partial charge in [-0.1, -0.05) is 12.0 Å². The standard InChI is InChI=1S/C11H20N5O13P3/c1-6-3-16(11(18)13-10(6)17)9-2-7(14-15-12)8(27-9)4-26-5-30(19,20)28-32(24,25)29-31(21,22)23/h6-9H,2-5H2,1H3,(H,19,20)(H,24,25)(H,13,17,18)(H2,21,22,23)/t6?,7-,8+,9+/m0/s1. The minimum atomic E-state index is -5.60. The van der Waals surface area contributed by atoms with Gasteiger partial charge in [0, 0.05) is 17.9 Å². The highest BCUT2D eigenvalue weighted by molar-refractivity contribution is 7.68. The number of carbonyl (C=O) groups excluding carboxylic acids is 2. The molecule has 0 radical (unpaired) electrons. The highest BCUT2D eigenvalue weighted by Crippen LogP contribution is 2.65. The molecule has 0 aromatic rings. The predicted molar refractivity (Wildman–Crippen MR) is 100 cm³/mol. The molecule has 0 spiro atoms. The number of imide groups is 1. The van der Waals surface area contributed by atoms with Crippen LogP contribution in [0.4, 0.5) is 4.79 Å². The summed E-state index contributed by atoms with van der Waals surface area (Å²) >= 11 is 0. The number of carbonyl (C=O) groups is 2. The molecule has 0 aromatic heterocycles. The minimum Gasteiger partial charge on any atom is -0.366 e. The quantitative estimate of drug-likeness (QED) is 0.112. The lowest BCUT2D eigenvalue weighted by atomic mass is 10.1. The van der Waals surface area contributed by atoms with Crippen molar-refractivity contribution in [1.29, 1.82) is 0 Å². The molecule has 0 aliphatic carbocycles. The molecule has 32 heavy (non-hydrogen) atoms. The van der Waals surface area contributed by atoms with Gasteiger partial charge in [0.1, 0.15) is 12.6 Å². The van der Waals surface area contributed by atoms with Gasteiger partial charge in [-0.3, -0.25) is 19.6 Å². The molecule has 2 aliphatic rings. The molecule has 18 nitrogen and oxygen atoms in total. The maximum Gasteiger partial charge on any atom is 0.488 e. The number of hydrogen-bond donors (Lipinski definition) is 5. The van der Waals surface area contributed by atoms with Crippen LogP contribution in [0.2, 0.25) is 0 Å². The molecule has 2 fully saturated rings. The van der Waals surface area contributed by atoms with E-state index in [4.69, 9.17) is 29.7 Å². The Kier molecular flexibility index (Phi) is 8.62. The molecule has 6 atom stereocenters. The smallest absolute Gasteiger partial charge is 0.366 e. The number of phosphoric acid groups is 2. The van der Waals surface area contributed by atoms with E-state index in [1.807, 2.05) is 0 Å². The van der Waals surface area contributed by atoms with Gasteiger partial charge in [0.2, 0.25) is 5.91 Å². The van der Waals surface area contributed by atoms with Gasteiger partial charge in [-0.05, 0) is 5.53 Å². The second-order valence-corrected chi connectivity index (χ2v) is 11.5. The summed E-state index contributed by atoms with van der Waals surface area (Å²) < 4.78 is 51.7. The fourth-order valence-electron chi connectivity index (χ4n) is 2.87. The zero-order valence-corrected chi connectivity index (χ0v) is 18.9. The van der Waals surface area contributed by atoms with Crippen LogP contribution in [0.5, 0.6) is 0 Å². The Labute approximate surface area is 179 Å². The molecule has 2 saturated heterocycles. The fraction of sp³-hybridized carbons (Fsp3) is 0.818. The molecule has 3 unspecified atom stereocenters. The number of nitrogens with zero attached hydrogens (tertiary/aromatic N) is 4. The molecule has 2 rings (SSSR count). The second kappa shape index (κ2) is 10.3. The van der Waals surface area contributed by atoms with Crippen molar-refractivity contribution in [3.05, 3.63) is 10.4 Å². The number of urea groups is 1. The van der Waals surface area contributed by atoms with Crippen LogP contribution in [0, 0.1) is 5.92 Å². The van der Waals surface area contributed by atoms with Gasteiger partial charge in [0.25, 0.3) is 0 Å². The van der Waals surface area contributed by atoms with Gasteiger partial charge >= 0.3 is 29.3 Å². The molecule has 5 N–H and O–H groups in total. The molecule has 3 amide bonds. The molecular weight excluding hydrogens is 503 g/mol. The van der Waals surface area contributed by atoms with Gasteiger partial charge in [-0.2, -0.15) is 4.31 Å². The van der Waals surface area contributed by atoms with Crippen molar-refractivity contribution in [2.24, 2.45) is 11.0 Å². The minimum absolute atomic E-state index is 0.0294. The number of amides is 3. The number of rotatable bonds is 10. The third-order valence-electron chi connectivity index (χ3n) is 4.14. The van der Waals surface area contributed by atoms with Crippen molar-refractivity contribution in [2.45, 2.75) is 31.7 Å². The number of ether oxygens (including phenoxy) is 2. The molecule has 0 saturated carbocycles. The van der Waals surface area contributed by atoms with Crippen LogP contribution in [-0.2, 0) is 36.6 Å². The summed E-state index contributed by atoms with van der Waals surface area (Å²) in [7, 11) is -16.1. The van der Waals surface area contributed by atoms with E-state index in [0.29, 0.717) is 0 Å². The largest absolute Gasteiger partial charge is 0.488 e. The summed E-state index contributed by atoms with van der Waals surface area (Å²) in [5, 5.41) is 5.67. The Balaban J connectivity index is 1.96. The van der Waals surface area contributed by atoms with Gasteiger partial charge < -0.3 is 29.0 Å². The Morgan fingerprint density at radius 2 is 1.91 bits per heavy atom. The van der Waals surface area contributed by atoms with Crippen LogP contribution in [0.3, 0.4) is 0 Å². The van der Waals surface area contributed by atoms with Crippen LogP contribution in [0.15, 0.2) is 5.11 Å². The molecule has 182 valence electrons. The van der Waals surface area contributed by atoms with Crippen molar-refractivity contribution in [2.75, 3.05) is 19.5 Å². The zero-order chi connectivity index (χ0) is 24.3. The average Bonchev–Trinajstić information content (AvgIpc) is 2.97. The summed E-state index contributed by atoms with van der Waals surface area (Å²) in [5.74, 6) is -0.982. The zero-order valence-electron chi connectivity index (χ0n) is 16.2. The Hall–Kier alpha value is -1.38. The van der Waals surface area contributed by atoms with Crippen molar-refractivity contribution in [3.63, 3.8) is 0 Å². The number of azide groups is 1. The van der Waals surface area contributed by atoms with Crippen LogP contribution in [-0.4, -0.2) is 74.3 Å². The first kappa shape index (κ1) is 26.9. The van der Waals surface area contributed by atoms with Crippen molar-refractivity contribution in [1.82, 2.24) is 10.2 Å². The van der Waals surface area contributed by atoms with Crippen molar-refractivity contribution in [3.8, 4) is 0 Å². The molecule has 2 heterocycles. The van der Waals surface area contributed by atoms with E-state index in [1.165, 1.54) is 4.90 Å². The van der Waals surface area contributed by atoms with Crippen molar-refractivity contribution >= 4 is 35.2 Å². The van der Waals surface area contributed by atoms with E-state index in [-0.39, 0.29) is 13.0 Å². The first-order chi connectivity index (χ1) is 14.6. The SMILES string of the molecule is CC1CN([C@H]2C[C@H](N=[N+]=[N-])[C@@H](COCP(=O)(O)OP(=O)(O)OP(=O)(O)O)O2)C(=O)NC1=O. The van der Waals surface area contributed by atoms with Gasteiger partial charge in [-0.15, -0.1) is 0 Å². The lowest BCUT2D eigenvalue weighted by Gasteiger charge is -2.34. The van der Waals surface area contributed by atoms with Crippen LogP contribution >= 0.6 is 23.2 Å². The molecule has 0 bridgehead atoms. The topological polar surface area (TPSA) is 267 Å². The maximum atomic E-state index is 12.1. The van der Waals surface area contributed by atoms with E-state index >= 15 is 0 Å². The van der Waals surface area contributed by atoms with Crippen LogP contribution in [0.1, 0.15) is 13.3 Å². The van der Waals surface area contributed by atoms with E-state index in [0.717, 1.165) is 0 Å². The maximum absolute atomic E-state index is 12.1. The highest BCUT2D eigenvalue weighted by atomic mass is 31.3. The number of hydrogen-bond acceptors (Lipinski definition) is 10. The summed E-state index contributed by atoms with van der Waals surface area (Å²) in [4.78, 5) is 63.2.